The summed E-state index contributed by atoms with van der Waals surface area (Å²) < 4.78 is 37.7. The van der Waals surface area contributed by atoms with Crippen molar-refractivity contribution in [2.45, 2.75) is 18.4 Å². The molecule has 8 heteroatoms. The zero-order valence-corrected chi connectivity index (χ0v) is 14.5. The third-order valence-electron chi connectivity index (χ3n) is 2.80. The van der Waals surface area contributed by atoms with E-state index in [-0.39, 0.29) is 24.7 Å². The number of sulfonamides is 1. The minimum absolute atomic E-state index is 0.151. The molecule has 2 N–H and O–H groups in total. The smallest absolute Gasteiger partial charge is 0.240 e. The Morgan fingerprint density at radius 3 is 2.62 bits per heavy atom. The number of nitrogens with one attached hydrogen (secondary N) is 1. The third-order valence-corrected chi connectivity index (χ3v) is 5.21. The molecule has 0 aliphatic carbocycles. The van der Waals surface area contributed by atoms with Crippen LogP contribution in [0.2, 0.25) is 0 Å². The molecular weight excluding hydrogens is 362 g/mol. The number of aliphatic hydroxyl groups excluding tert-OH is 1. The Morgan fingerprint density at radius 1 is 1.29 bits per heavy atom. The van der Waals surface area contributed by atoms with E-state index in [9.17, 15) is 13.5 Å². The van der Waals surface area contributed by atoms with Gasteiger partial charge >= 0.3 is 0 Å². The van der Waals surface area contributed by atoms with Gasteiger partial charge in [-0.05, 0) is 30.2 Å². The van der Waals surface area contributed by atoms with Gasteiger partial charge in [0, 0.05) is 18.1 Å². The summed E-state index contributed by atoms with van der Waals surface area (Å²) in [6.45, 7) is 2.81. The molecule has 0 radical (unpaired) electrons. The van der Waals surface area contributed by atoms with Crippen LogP contribution < -0.4 is 4.72 Å². The normalized spacial score (nSPS) is 11.8. The van der Waals surface area contributed by atoms with Crippen molar-refractivity contribution in [2.24, 2.45) is 0 Å². The summed E-state index contributed by atoms with van der Waals surface area (Å²) in [5.41, 5.74) is 1.13. The second-order valence-corrected chi connectivity index (χ2v) is 6.95. The third kappa shape index (κ3) is 5.65. The first-order valence-electron chi connectivity index (χ1n) is 6.38. The van der Waals surface area contributed by atoms with E-state index in [0.717, 1.165) is 0 Å². The number of aliphatic hydroxyl groups is 1. The molecule has 120 valence electrons. The first-order chi connectivity index (χ1) is 9.92. The lowest BCUT2D eigenvalue weighted by Gasteiger charge is -2.12. The molecule has 0 heterocycles. The summed E-state index contributed by atoms with van der Waals surface area (Å²) in [7, 11) is -2.07. The number of rotatable bonds is 9. The maximum atomic E-state index is 12.3. The average Bonchev–Trinajstić information content (AvgIpc) is 2.45. The van der Waals surface area contributed by atoms with Gasteiger partial charge in [0.2, 0.25) is 10.0 Å². The zero-order chi connectivity index (χ0) is 15.9. The van der Waals surface area contributed by atoms with Crippen LogP contribution in [0.1, 0.15) is 11.1 Å². The van der Waals surface area contributed by atoms with E-state index in [1.165, 1.54) is 6.07 Å². The van der Waals surface area contributed by atoms with E-state index in [1.807, 2.05) is 0 Å². The van der Waals surface area contributed by atoms with Crippen LogP contribution in [0.4, 0.5) is 0 Å². The number of ether oxygens (including phenoxy) is 2. The summed E-state index contributed by atoms with van der Waals surface area (Å²) in [6.07, 6.45) is 0. The van der Waals surface area contributed by atoms with Gasteiger partial charge in [0.15, 0.2) is 0 Å². The van der Waals surface area contributed by atoms with Gasteiger partial charge in [-0.25, -0.2) is 13.1 Å². The van der Waals surface area contributed by atoms with Crippen molar-refractivity contribution >= 4 is 26.0 Å². The molecule has 21 heavy (non-hydrogen) atoms. The fourth-order valence-corrected chi connectivity index (χ4v) is 3.61. The monoisotopic (exact) mass is 381 g/mol. The molecule has 1 rings (SSSR count). The lowest BCUT2D eigenvalue weighted by molar-refractivity contribution is 0.0736. The lowest BCUT2D eigenvalue weighted by Crippen LogP contribution is -2.28. The molecule has 1 aromatic rings. The first-order valence-corrected chi connectivity index (χ1v) is 8.66. The van der Waals surface area contributed by atoms with Crippen molar-refractivity contribution in [2.75, 3.05) is 33.5 Å². The van der Waals surface area contributed by atoms with Crippen molar-refractivity contribution in [3.8, 4) is 0 Å². The number of methoxy groups -OCH3 is 1. The molecule has 0 amide bonds. The van der Waals surface area contributed by atoms with Gasteiger partial charge in [-0.2, -0.15) is 0 Å². The number of halogens is 1. The molecule has 0 fully saturated rings. The molecule has 6 nitrogen and oxygen atoms in total. The van der Waals surface area contributed by atoms with Crippen LogP contribution in [0.5, 0.6) is 0 Å². The highest BCUT2D eigenvalue weighted by Crippen LogP contribution is 2.25. The molecule has 0 spiro atoms. The van der Waals surface area contributed by atoms with Gasteiger partial charge in [-0.1, -0.05) is 15.9 Å². The number of hydrogen-bond acceptors (Lipinski definition) is 5. The van der Waals surface area contributed by atoms with Crippen LogP contribution >= 0.6 is 15.9 Å². The molecule has 0 saturated carbocycles. The van der Waals surface area contributed by atoms with Crippen molar-refractivity contribution in [1.29, 1.82) is 0 Å². The van der Waals surface area contributed by atoms with E-state index >= 15 is 0 Å². The predicted octanol–water partition coefficient (Wildman–Crippen LogP) is 1.19. The first kappa shape index (κ1) is 18.5. The summed E-state index contributed by atoms with van der Waals surface area (Å²) >= 11 is 3.30. The topological polar surface area (TPSA) is 84.9 Å². The predicted molar refractivity (Wildman–Crippen MR) is 82.7 cm³/mol. The summed E-state index contributed by atoms with van der Waals surface area (Å²) in [5, 5.41) is 9.17. The van der Waals surface area contributed by atoms with Crippen molar-refractivity contribution in [3.63, 3.8) is 0 Å². The number of benzene rings is 1. The summed E-state index contributed by atoms with van der Waals surface area (Å²) in [6, 6.07) is 3.16. The zero-order valence-electron chi connectivity index (χ0n) is 12.1. The molecule has 1 aromatic carbocycles. The quantitative estimate of drug-likeness (QED) is 0.627. The van der Waals surface area contributed by atoms with Crippen molar-refractivity contribution in [1.82, 2.24) is 4.72 Å². The minimum Gasteiger partial charge on any atom is -0.392 e. The van der Waals surface area contributed by atoms with E-state index in [1.54, 1.807) is 20.1 Å². The van der Waals surface area contributed by atoms with Crippen LogP contribution in [-0.2, 0) is 26.1 Å². The van der Waals surface area contributed by atoms with Gasteiger partial charge < -0.3 is 14.6 Å². The molecule has 0 bridgehead atoms. The van der Waals surface area contributed by atoms with E-state index in [2.05, 4.69) is 20.7 Å². The molecule has 0 aliphatic heterocycles. The Labute approximate surface area is 133 Å². The Bertz CT molecular complexity index is 562. The fourth-order valence-electron chi connectivity index (χ4n) is 1.65. The fraction of sp³-hybridized carbons (Fsp3) is 0.538. The second-order valence-electron chi connectivity index (χ2n) is 4.36. The Hall–Kier alpha value is -0.510. The number of hydrogen-bond donors (Lipinski definition) is 2. The van der Waals surface area contributed by atoms with Crippen LogP contribution in [0, 0.1) is 6.92 Å². The van der Waals surface area contributed by atoms with Gasteiger partial charge in [0.05, 0.1) is 31.3 Å². The van der Waals surface area contributed by atoms with Gasteiger partial charge in [0.1, 0.15) is 0 Å². The molecule has 0 unspecified atom stereocenters. The van der Waals surface area contributed by atoms with Crippen molar-refractivity contribution < 1.29 is 23.0 Å². The van der Waals surface area contributed by atoms with E-state index in [4.69, 9.17) is 9.47 Å². The van der Waals surface area contributed by atoms with E-state index in [0.29, 0.717) is 28.8 Å². The molecular formula is C13H20BrNO5S. The van der Waals surface area contributed by atoms with Gasteiger partial charge in [0.25, 0.3) is 0 Å². The average molecular weight is 382 g/mol. The van der Waals surface area contributed by atoms with Gasteiger partial charge in [-0.15, -0.1) is 0 Å². The summed E-state index contributed by atoms with van der Waals surface area (Å²) in [4.78, 5) is 0.151. The van der Waals surface area contributed by atoms with Crippen LogP contribution in [0.3, 0.4) is 0 Å². The molecule has 0 saturated heterocycles. The van der Waals surface area contributed by atoms with Crippen molar-refractivity contribution in [3.05, 3.63) is 27.7 Å². The Kier molecular flexibility index (Phi) is 7.78. The lowest BCUT2D eigenvalue weighted by atomic mass is 10.2. The highest BCUT2D eigenvalue weighted by atomic mass is 79.9. The highest BCUT2D eigenvalue weighted by molar-refractivity contribution is 9.10. The van der Waals surface area contributed by atoms with Crippen LogP contribution in [0.25, 0.3) is 0 Å². The highest BCUT2D eigenvalue weighted by Gasteiger charge is 2.18. The second kappa shape index (κ2) is 8.82. The standard InChI is InChI=1S/C13H20BrNO5S/c1-10-12(14)7-11(9-16)8-13(10)21(17,18)15-3-4-20-6-5-19-2/h7-8,15-16H,3-6,9H2,1-2H3. The minimum atomic E-state index is -3.64. The maximum absolute atomic E-state index is 12.3. The summed E-state index contributed by atoms with van der Waals surface area (Å²) in [5.74, 6) is 0. The van der Waals surface area contributed by atoms with Crippen LogP contribution in [-0.4, -0.2) is 47.0 Å². The Morgan fingerprint density at radius 2 is 2.00 bits per heavy atom. The molecule has 0 atom stereocenters. The van der Waals surface area contributed by atoms with E-state index < -0.39 is 10.0 Å². The van der Waals surface area contributed by atoms with Crippen LogP contribution in [0.15, 0.2) is 21.5 Å². The SMILES string of the molecule is COCCOCCNS(=O)(=O)c1cc(CO)cc(Br)c1C. The van der Waals surface area contributed by atoms with Gasteiger partial charge in [-0.3, -0.25) is 0 Å². The Balaban J connectivity index is 2.72. The molecule has 0 aliphatic rings. The maximum Gasteiger partial charge on any atom is 0.240 e. The largest absolute Gasteiger partial charge is 0.392 e. The molecule has 0 aromatic heterocycles.